The van der Waals surface area contributed by atoms with Gasteiger partial charge in [0.1, 0.15) is 12.4 Å². The van der Waals surface area contributed by atoms with Gasteiger partial charge in [-0.15, -0.1) is 11.3 Å². The molecule has 0 aliphatic carbocycles. The minimum absolute atomic E-state index is 0.382. The number of halogens is 1. The summed E-state index contributed by atoms with van der Waals surface area (Å²) in [5.41, 5.74) is 0.934. The molecule has 0 amide bonds. The van der Waals surface area contributed by atoms with E-state index in [4.69, 9.17) is 4.74 Å². The van der Waals surface area contributed by atoms with Gasteiger partial charge < -0.3 is 9.84 Å². The van der Waals surface area contributed by atoms with Crippen LogP contribution in [0.4, 0.5) is 0 Å². The molecule has 0 aliphatic rings. The van der Waals surface area contributed by atoms with E-state index in [1.165, 1.54) is 4.88 Å². The van der Waals surface area contributed by atoms with Crippen molar-refractivity contribution in [3.8, 4) is 5.75 Å². The molecule has 0 unspecified atom stereocenters. The molecule has 2 aromatic rings. The van der Waals surface area contributed by atoms with Gasteiger partial charge >= 0.3 is 0 Å². The summed E-state index contributed by atoms with van der Waals surface area (Å²) >= 11 is 5.09. The number of thiophene rings is 1. The molecule has 1 aromatic heterocycles. The van der Waals surface area contributed by atoms with Crippen LogP contribution < -0.4 is 4.74 Å². The third-order valence-corrected chi connectivity index (χ3v) is 4.33. The molecule has 4 heteroatoms. The number of benzene rings is 1. The molecule has 1 heterocycles. The van der Waals surface area contributed by atoms with Crippen LogP contribution in [0.25, 0.3) is 0 Å². The van der Waals surface area contributed by atoms with Crippen molar-refractivity contribution in [3.05, 3.63) is 50.6 Å². The second kappa shape index (κ2) is 6.36. The smallest absolute Gasteiger partial charge is 0.122 e. The van der Waals surface area contributed by atoms with Gasteiger partial charge in [-0.2, -0.15) is 0 Å². The molecule has 96 valence electrons. The largest absolute Gasteiger partial charge is 0.488 e. The Bertz CT molecular complexity index is 493. The predicted molar refractivity (Wildman–Crippen MR) is 78.0 cm³/mol. The molecule has 1 atom stereocenters. The zero-order valence-corrected chi connectivity index (χ0v) is 12.5. The third-order valence-electron chi connectivity index (χ3n) is 2.65. The van der Waals surface area contributed by atoms with Crippen LogP contribution in [0, 0.1) is 0 Å². The molecule has 0 spiro atoms. The molecule has 1 aromatic carbocycles. The quantitative estimate of drug-likeness (QED) is 0.874. The van der Waals surface area contributed by atoms with Gasteiger partial charge in [-0.1, -0.05) is 19.1 Å². The topological polar surface area (TPSA) is 29.5 Å². The Morgan fingerprint density at radius 2 is 2.06 bits per heavy atom. The Morgan fingerprint density at radius 1 is 1.33 bits per heavy atom. The van der Waals surface area contributed by atoms with E-state index in [1.807, 2.05) is 36.6 Å². The third kappa shape index (κ3) is 3.57. The molecule has 0 radical (unpaired) electrons. The predicted octanol–water partition coefficient (Wildman–Crippen LogP) is 4.53. The first-order valence-electron chi connectivity index (χ1n) is 5.82. The maximum absolute atomic E-state index is 9.69. The number of ether oxygens (including phenoxy) is 1. The van der Waals surface area contributed by atoms with Crippen molar-refractivity contribution < 1.29 is 9.84 Å². The van der Waals surface area contributed by atoms with E-state index in [1.54, 1.807) is 11.3 Å². The molecule has 2 nitrogen and oxygen atoms in total. The Labute approximate surface area is 119 Å². The van der Waals surface area contributed by atoms with E-state index in [-0.39, 0.29) is 6.10 Å². The van der Waals surface area contributed by atoms with Crippen LogP contribution in [0.2, 0.25) is 0 Å². The lowest BCUT2D eigenvalue weighted by molar-refractivity contribution is 0.173. The van der Waals surface area contributed by atoms with Crippen molar-refractivity contribution in [2.75, 3.05) is 0 Å². The fourth-order valence-corrected chi connectivity index (χ4v) is 2.97. The average molecular weight is 327 g/mol. The fraction of sp³-hybridized carbons (Fsp3) is 0.286. The molecule has 2 rings (SSSR count). The van der Waals surface area contributed by atoms with Crippen LogP contribution in [0.5, 0.6) is 5.75 Å². The van der Waals surface area contributed by atoms with Crippen molar-refractivity contribution in [1.82, 2.24) is 0 Å². The van der Waals surface area contributed by atoms with Gasteiger partial charge in [0.25, 0.3) is 0 Å². The van der Waals surface area contributed by atoms with Crippen LogP contribution in [0.1, 0.15) is 29.9 Å². The summed E-state index contributed by atoms with van der Waals surface area (Å²) in [5, 5.41) is 11.7. The van der Waals surface area contributed by atoms with E-state index >= 15 is 0 Å². The van der Waals surface area contributed by atoms with Crippen LogP contribution >= 0.6 is 27.3 Å². The number of hydrogen-bond donors (Lipinski definition) is 1. The van der Waals surface area contributed by atoms with E-state index in [0.29, 0.717) is 6.61 Å². The van der Waals surface area contributed by atoms with Gasteiger partial charge in [0, 0.05) is 14.7 Å². The first kappa shape index (κ1) is 13.6. The molecular weight excluding hydrogens is 312 g/mol. The van der Waals surface area contributed by atoms with Gasteiger partial charge in [0.15, 0.2) is 0 Å². The molecule has 18 heavy (non-hydrogen) atoms. The van der Waals surface area contributed by atoms with Gasteiger partial charge in [0.05, 0.1) is 6.10 Å². The van der Waals surface area contributed by atoms with E-state index < -0.39 is 0 Å². The molecule has 0 aliphatic heterocycles. The highest BCUT2D eigenvalue weighted by atomic mass is 79.9. The highest BCUT2D eigenvalue weighted by Gasteiger charge is 2.04. The first-order chi connectivity index (χ1) is 8.69. The van der Waals surface area contributed by atoms with Gasteiger partial charge in [-0.05, 0) is 46.1 Å². The second-order valence-electron chi connectivity index (χ2n) is 4.01. The van der Waals surface area contributed by atoms with Crippen molar-refractivity contribution in [2.45, 2.75) is 26.1 Å². The Balaban J connectivity index is 1.94. The molecule has 0 saturated heterocycles. The lowest BCUT2D eigenvalue weighted by atomic mass is 10.1. The summed E-state index contributed by atoms with van der Waals surface area (Å²) in [6.45, 7) is 2.54. The number of aliphatic hydroxyl groups is 1. The lowest BCUT2D eigenvalue weighted by Crippen LogP contribution is -1.96. The highest BCUT2D eigenvalue weighted by Crippen LogP contribution is 2.23. The number of hydrogen-bond acceptors (Lipinski definition) is 3. The number of aliphatic hydroxyl groups excluding tert-OH is 1. The normalized spacial score (nSPS) is 12.4. The zero-order chi connectivity index (χ0) is 13.0. The molecule has 0 saturated carbocycles. The molecule has 0 bridgehead atoms. The number of rotatable bonds is 5. The Hall–Kier alpha value is -0.840. The van der Waals surface area contributed by atoms with E-state index in [0.717, 1.165) is 22.2 Å². The minimum Gasteiger partial charge on any atom is -0.488 e. The molecule has 1 N–H and O–H groups in total. The van der Waals surface area contributed by atoms with Crippen molar-refractivity contribution >= 4 is 27.3 Å². The zero-order valence-electron chi connectivity index (χ0n) is 10.1. The van der Waals surface area contributed by atoms with Crippen molar-refractivity contribution in [2.24, 2.45) is 0 Å². The van der Waals surface area contributed by atoms with E-state index in [9.17, 15) is 5.11 Å². The summed E-state index contributed by atoms with van der Waals surface area (Å²) in [5.74, 6) is 0.826. The maximum atomic E-state index is 9.69. The van der Waals surface area contributed by atoms with Crippen molar-refractivity contribution in [3.63, 3.8) is 0 Å². The summed E-state index contributed by atoms with van der Waals surface area (Å²) in [4.78, 5) is 1.18. The average Bonchev–Trinajstić information content (AvgIpc) is 2.82. The minimum atomic E-state index is -0.382. The Kier molecular flexibility index (Phi) is 4.80. The standard InChI is InChI=1S/C14H15BrO2S/c1-2-14(16)10-3-5-12(6-4-10)17-8-13-7-11(15)9-18-13/h3-7,9,14,16H,2,8H2,1H3/t14-/m0/s1. The highest BCUT2D eigenvalue weighted by molar-refractivity contribution is 9.10. The Morgan fingerprint density at radius 3 is 2.61 bits per heavy atom. The maximum Gasteiger partial charge on any atom is 0.122 e. The van der Waals surface area contributed by atoms with Gasteiger partial charge in [0.2, 0.25) is 0 Å². The SMILES string of the molecule is CC[C@H](O)c1ccc(OCc2cc(Br)cs2)cc1. The molecular formula is C14H15BrO2S. The molecule has 0 fully saturated rings. The van der Waals surface area contributed by atoms with E-state index in [2.05, 4.69) is 22.0 Å². The lowest BCUT2D eigenvalue weighted by Gasteiger charge is -2.09. The first-order valence-corrected chi connectivity index (χ1v) is 7.50. The summed E-state index contributed by atoms with van der Waals surface area (Å²) in [6.07, 6.45) is 0.343. The second-order valence-corrected chi connectivity index (χ2v) is 5.92. The van der Waals surface area contributed by atoms with Crippen LogP contribution in [0.3, 0.4) is 0 Å². The summed E-state index contributed by atoms with van der Waals surface area (Å²) < 4.78 is 6.77. The monoisotopic (exact) mass is 326 g/mol. The summed E-state index contributed by atoms with van der Waals surface area (Å²) in [6, 6.07) is 9.68. The van der Waals surface area contributed by atoms with Crippen LogP contribution in [-0.2, 0) is 6.61 Å². The summed E-state index contributed by atoms with van der Waals surface area (Å²) in [7, 11) is 0. The van der Waals surface area contributed by atoms with Crippen molar-refractivity contribution in [1.29, 1.82) is 0 Å². The van der Waals surface area contributed by atoms with Crippen LogP contribution in [-0.4, -0.2) is 5.11 Å². The fourth-order valence-electron chi connectivity index (χ4n) is 1.61. The van der Waals surface area contributed by atoms with Gasteiger partial charge in [-0.25, -0.2) is 0 Å². The van der Waals surface area contributed by atoms with Gasteiger partial charge in [-0.3, -0.25) is 0 Å². The van der Waals surface area contributed by atoms with Crippen LogP contribution in [0.15, 0.2) is 40.2 Å².